The second kappa shape index (κ2) is 10.3. The molecule has 4 heterocycles. The second-order valence-electron chi connectivity index (χ2n) is 9.70. The van der Waals surface area contributed by atoms with E-state index in [1.807, 2.05) is 47.5 Å². The highest BCUT2D eigenvalue weighted by Gasteiger charge is 2.30. The minimum atomic E-state index is -0.340. The van der Waals surface area contributed by atoms with E-state index in [-0.39, 0.29) is 23.7 Å². The molecule has 0 bridgehead atoms. The number of nitrogens with one attached hydrogen (secondary N) is 1. The minimum Gasteiger partial charge on any atom is -0.382 e. The van der Waals surface area contributed by atoms with E-state index in [1.165, 1.54) is 12.3 Å². The lowest BCUT2D eigenvalue weighted by atomic mass is 9.96. The van der Waals surface area contributed by atoms with E-state index in [1.54, 1.807) is 24.4 Å². The summed E-state index contributed by atoms with van der Waals surface area (Å²) in [4.78, 5) is 40.7. The molecule has 1 aliphatic rings. The third-order valence-electron chi connectivity index (χ3n) is 6.75. The van der Waals surface area contributed by atoms with Crippen LogP contribution in [0.15, 0.2) is 55.0 Å². The van der Waals surface area contributed by atoms with Gasteiger partial charge in [0.25, 0.3) is 5.91 Å². The van der Waals surface area contributed by atoms with Gasteiger partial charge in [-0.2, -0.15) is 5.26 Å². The number of nitrogen functional groups attached to an aromatic ring is 1. The summed E-state index contributed by atoms with van der Waals surface area (Å²) in [7, 11) is 0. The lowest BCUT2D eigenvalue weighted by Crippen LogP contribution is -2.41. The van der Waals surface area contributed by atoms with Crippen molar-refractivity contribution in [1.29, 1.82) is 5.26 Å². The predicted molar refractivity (Wildman–Crippen MR) is 143 cm³/mol. The Bertz CT molecular complexity index is 1550. The number of hydrogen-bond acceptors (Lipinski definition) is 7. The van der Waals surface area contributed by atoms with Crippen molar-refractivity contribution in [3.63, 3.8) is 0 Å². The van der Waals surface area contributed by atoms with Gasteiger partial charge in [0.15, 0.2) is 0 Å². The number of nitrogens with zero attached hydrogens (tertiary/aromatic N) is 6. The van der Waals surface area contributed by atoms with Crippen LogP contribution in [0.4, 0.5) is 11.6 Å². The molecule has 0 spiro atoms. The molecule has 0 saturated carbocycles. The van der Waals surface area contributed by atoms with Crippen LogP contribution < -0.4 is 11.1 Å². The van der Waals surface area contributed by atoms with Crippen LogP contribution in [-0.4, -0.2) is 49.2 Å². The van der Waals surface area contributed by atoms with E-state index < -0.39 is 0 Å². The first-order chi connectivity index (χ1) is 18.4. The molecule has 2 amide bonds. The van der Waals surface area contributed by atoms with Crippen LogP contribution in [0.5, 0.6) is 0 Å². The maximum absolute atomic E-state index is 12.8. The van der Waals surface area contributed by atoms with Gasteiger partial charge in [0, 0.05) is 54.6 Å². The van der Waals surface area contributed by atoms with Crippen molar-refractivity contribution in [3.8, 4) is 17.3 Å². The van der Waals surface area contributed by atoms with E-state index in [0.717, 1.165) is 30.8 Å². The van der Waals surface area contributed by atoms with Crippen LogP contribution in [-0.2, 0) is 4.79 Å². The molecular formula is C28H28N8O2. The fraction of sp³-hybridized carbons (Fsp3) is 0.286. The van der Waals surface area contributed by atoms with E-state index in [0.29, 0.717) is 40.5 Å². The Labute approximate surface area is 220 Å². The van der Waals surface area contributed by atoms with Crippen LogP contribution >= 0.6 is 0 Å². The van der Waals surface area contributed by atoms with Gasteiger partial charge in [-0.3, -0.25) is 14.0 Å². The molecule has 192 valence electrons. The first-order valence-corrected chi connectivity index (χ1v) is 12.5. The van der Waals surface area contributed by atoms with Crippen LogP contribution in [0.2, 0.25) is 0 Å². The standard InChI is InChI=1S/C28H28N8O2/c1-17(2)28(38)35-12-3-4-21(16-35)26-34-23(24-25(30)32-11-13-36(24)26)19-5-7-20(8-6-19)27(37)33-22-14-18(15-29)9-10-31-22/h5-11,13-14,17,21H,3-4,12,16H2,1-2H3,(H2,30,32)(H,31,33,37)/t21-/m1/s1. The van der Waals surface area contributed by atoms with Gasteiger partial charge in [-0.25, -0.2) is 15.0 Å². The highest BCUT2D eigenvalue weighted by Crippen LogP contribution is 2.34. The zero-order valence-corrected chi connectivity index (χ0v) is 21.3. The molecule has 10 nitrogen and oxygen atoms in total. The number of nitriles is 1. The predicted octanol–water partition coefficient (Wildman–Crippen LogP) is 3.86. The first kappa shape index (κ1) is 24.9. The van der Waals surface area contributed by atoms with Gasteiger partial charge in [-0.1, -0.05) is 26.0 Å². The lowest BCUT2D eigenvalue weighted by molar-refractivity contribution is -0.135. The molecule has 3 N–H and O–H groups in total. The molecular weight excluding hydrogens is 480 g/mol. The summed E-state index contributed by atoms with van der Waals surface area (Å²) in [5.74, 6) is 1.33. The SMILES string of the molecule is CC(C)C(=O)N1CCC[C@@H](c2nc(-c3ccc(C(=O)Nc4cc(C#N)ccn4)cc3)c3c(N)nccn23)C1. The Morgan fingerprint density at radius 2 is 1.95 bits per heavy atom. The Morgan fingerprint density at radius 1 is 1.16 bits per heavy atom. The quantitative estimate of drug-likeness (QED) is 0.417. The maximum atomic E-state index is 12.8. The van der Waals surface area contributed by atoms with Gasteiger partial charge in [0.05, 0.1) is 11.6 Å². The summed E-state index contributed by atoms with van der Waals surface area (Å²) >= 11 is 0. The van der Waals surface area contributed by atoms with Gasteiger partial charge in [0.1, 0.15) is 28.7 Å². The number of aromatic nitrogens is 4. The summed E-state index contributed by atoms with van der Waals surface area (Å²) in [5.41, 5.74) is 9.32. The first-order valence-electron chi connectivity index (χ1n) is 12.5. The van der Waals surface area contributed by atoms with Crippen molar-refractivity contribution >= 4 is 29.0 Å². The molecule has 0 radical (unpaired) electrons. The van der Waals surface area contributed by atoms with E-state index in [9.17, 15) is 9.59 Å². The fourth-order valence-corrected chi connectivity index (χ4v) is 4.87. The molecule has 1 fully saturated rings. The molecule has 1 aliphatic heterocycles. The molecule has 0 unspecified atom stereocenters. The van der Waals surface area contributed by atoms with Gasteiger partial charge in [-0.15, -0.1) is 0 Å². The average Bonchev–Trinajstić information content (AvgIpc) is 3.34. The van der Waals surface area contributed by atoms with Gasteiger partial charge in [0.2, 0.25) is 5.91 Å². The summed E-state index contributed by atoms with van der Waals surface area (Å²) in [6.07, 6.45) is 6.80. The Balaban J connectivity index is 1.44. The Hall–Kier alpha value is -4.78. The molecule has 3 aromatic heterocycles. The molecule has 4 aromatic rings. The molecule has 5 rings (SSSR count). The third-order valence-corrected chi connectivity index (χ3v) is 6.75. The number of anilines is 2. The topological polar surface area (TPSA) is 142 Å². The monoisotopic (exact) mass is 508 g/mol. The molecule has 1 aromatic carbocycles. The highest BCUT2D eigenvalue weighted by molar-refractivity contribution is 6.04. The lowest BCUT2D eigenvalue weighted by Gasteiger charge is -2.33. The number of rotatable bonds is 5. The van der Waals surface area contributed by atoms with E-state index in [4.69, 9.17) is 16.0 Å². The zero-order chi connectivity index (χ0) is 26.8. The number of fused-ring (bicyclic) bond motifs is 1. The minimum absolute atomic E-state index is 0.0528. The van der Waals surface area contributed by atoms with Crippen molar-refractivity contribution < 1.29 is 9.59 Å². The zero-order valence-electron chi connectivity index (χ0n) is 21.3. The number of pyridine rings is 1. The number of carbonyl (C=O) groups excluding carboxylic acids is 2. The second-order valence-corrected chi connectivity index (χ2v) is 9.70. The van der Waals surface area contributed by atoms with Crippen molar-refractivity contribution in [2.45, 2.75) is 32.6 Å². The molecule has 10 heteroatoms. The number of amides is 2. The summed E-state index contributed by atoms with van der Waals surface area (Å²) in [6, 6.07) is 12.2. The highest BCUT2D eigenvalue weighted by atomic mass is 16.2. The van der Waals surface area contributed by atoms with Gasteiger partial charge >= 0.3 is 0 Å². The average molecular weight is 509 g/mol. The van der Waals surface area contributed by atoms with Crippen molar-refractivity contribution in [2.75, 3.05) is 24.1 Å². The summed E-state index contributed by atoms with van der Waals surface area (Å²) in [5, 5.41) is 11.8. The van der Waals surface area contributed by atoms with E-state index in [2.05, 4.69) is 15.3 Å². The number of carbonyl (C=O) groups is 2. The molecule has 1 saturated heterocycles. The number of likely N-dealkylation sites (tertiary alicyclic amines) is 1. The van der Waals surface area contributed by atoms with Crippen LogP contribution in [0, 0.1) is 17.2 Å². The third kappa shape index (κ3) is 4.78. The number of piperidine rings is 1. The van der Waals surface area contributed by atoms with Crippen molar-refractivity contribution in [2.24, 2.45) is 5.92 Å². The summed E-state index contributed by atoms with van der Waals surface area (Å²) in [6.45, 7) is 5.21. The summed E-state index contributed by atoms with van der Waals surface area (Å²) < 4.78 is 1.97. The number of nitrogens with two attached hydrogens (primary N) is 1. The fourth-order valence-electron chi connectivity index (χ4n) is 4.87. The van der Waals surface area contributed by atoms with Crippen LogP contribution in [0.3, 0.4) is 0 Å². The molecule has 38 heavy (non-hydrogen) atoms. The number of imidazole rings is 1. The number of hydrogen-bond donors (Lipinski definition) is 2. The van der Waals surface area contributed by atoms with E-state index >= 15 is 0 Å². The Morgan fingerprint density at radius 3 is 2.68 bits per heavy atom. The van der Waals surface area contributed by atoms with Crippen molar-refractivity contribution in [3.05, 3.63) is 71.9 Å². The van der Waals surface area contributed by atoms with Crippen LogP contribution in [0.25, 0.3) is 16.8 Å². The van der Waals surface area contributed by atoms with Gasteiger partial charge < -0.3 is 16.0 Å². The van der Waals surface area contributed by atoms with Gasteiger partial charge in [-0.05, 0) is 37.1 Å². The Kier molecular flexibility index (Phi) is 6.75. The molecule has 0 aliphatic carbocycles. The molecule has 1 atom stereocenters. The smallest absolute Gasteiger partial charge is 0.256 e. The maximum Gasteiger partial charge on any atom is 0.256 e. The normalized spacial score (nSPS) is 15.4. The van der Waals surface area contributed by atoms with Crippen molar-refractivity contribution in [1.82, 2.24) is 24.3 Å². The largest absolute Gasteiger partial charge is 0.382 e. The number of benzene rings is 1. The van der Waals surface area contributed by atoms with Crippen LogP contribution in [0.1, 0.15) is 54.4 Å².